The van der Waals surface area contributed by atoms with E-state index in [1.165, 1.54) is 0 Å². The molecule has 0 saturated heterocycles. The molecule has 108 valence electrons. The quantitative estimate of drug-likeness (QED) is 0.836. The van der Waals surface area contributed by atoms with Gasteiger partial charge in [0.1, 0.15) is 5.76 Å². The van der Waals surface area contributed by atoms with Crippen LogP contribution in [0.4, 0.5) is 5.69 Å². The van der Waals surface area contributed by atoms with E-state index < -0.39 is 10.0 Å². The summed E-state index contributed by atoms with van der Waals surface area (Å²) in [6.07, 6.45) is 1.54. The zero-order valence-electron chi connectivity index (χ0n) is 11.6. The van der Waals surface area contributed by atoms with E-state index in [9.17, 15) is 8.42 Å². The van der Waals surface area contributed by atoms with Crippen LogP contribution in [0.2, 0.25) is 0 Å². The van der Waals surface area contributed by atoms with E-state index >= 15 is 0 Å². The average molecular weight is 295 g/mol. The van der Waals surface area contributed by atoms with E-state index in [0.717, 1.165) is 0 Å². The second-order valence-electron chi connectivity index (χ2n) is 4.67. The van der Waals surface area contributed by atoms with Gasteiger partial charge in [0.2, 0.25) is 15.9 Å². The van der Waals surface area contributed by atoms with Gasteiger partial charge in [0.25, 0.3) is 0 Å². The molecule has 2 aromatic rings. The summed E-state index contributed by atoms with van der Waals surface area (Å²) in [5.41, 5.74) is 7.46. The number of anilines is 1. The van der Waals surface area contributed by atoms with Gasteiger partial charge in [0, 0.05) is 5.69 Å². The van der Waals surface area contributed by atoms with Gasteiger partial charge in [-0.05, 0) is 44.0 Å². The van der Waals surface area contributed by atoms with E-state index in [4.69, 9.17) is 10.2 Å². The fraction of sp³-hybridized carbons (Fsp3) is 0.308. The van der Waals surface area contributed by atoms with Crippen molar-refractivity contribution in [1.29, 1.82) is 0 Å². The second-order valence-corrected chi connectivity index (χ2v) is 6.38. The van der Waals surface area contributed by atoms with Gasteiger partial charge in [0.05, 0.1) is 17.6 Å². The lowest BCUT2D eigenvalue weighted by molar-refractivity contribution is 0.463. The lowest BCUT2D eigenvalue weighted by atomic mass is 10.1. The molecule has 0 aliphatic rings. The number of rotatable bonds is 4. The number of oxazole rings is 1. The maximum atomic E-state index is 12.3. The van der Waals surface area contributed by atoms with Crippen LogP contribution in [-0.2, 0) is 16.6 Å². The first-order valence-electron chi connectivity index (χ1n) is 6.07. The Morgan fingerprint density at radius 3 is 2.35 bits per heavy atom. The van der Waals surface area contributed by atoms with Crippen molar-refractivity contribution < 1.29 is 12.8 Å². The van der Waals surface area contributed by atoms with Crippen molar-refractivity contribution >= 4 is 15.7 Å². The predicted octanol–water partition coefficient (Wildman–Crippen LogP) is 1.66. The SMILES string of the molecule is Cc1cnc(CNS(=O)(=O)c2c(C)cc(N)cc2C)o1. The number of hydrogen-bond acceptors (Lipinski definition) is 5. The first kappa shape index (κ1) is 14.5. The Morgan fingerprint density at radius 1 is 1.25 bits per heavy atom. The van der Waals surface area contributed by atoms with Crippen molar-refractivity contribution in [3.63, 3.8) is 0 Å². The van der Waals surface area contributed by atoms with E-state index in [2.05, 4.69) is 9.71 Å². The van der Waals surface area contributed by atoms with Crippen LogP contribution >= 0.6 is 0 Å². The largest absolute Gasteiger partial charge is 0.445 e. The van der Waals surface area contributed by atoms with Crippen molar-refractivity contribution in [3.8, 4) is 0 Å². The number of nitrogens with one attached hydrogen (secondary N) is 1. The molecule has 2 rings (SSSR count). The predicted molar refractivity (Wildman–Crippen MR) is 75.6 cm³/mol. The van der Waals surface area contributed by atoms with E-state index in [1.54, 1.807) is 39.1 Å². The fourth-order valence-electron chi connectivity index (χ4n) is 2.12. The van der Waals surface area contributed by atoms with Crippen LogP contribution in [0.5, 0.6) is 0 Å². The number of sulfonamides is 1. The molecule has 0 radical (unpaired) electrons. The molecule has 6 nitrogen and oxygen atoms in total. The third kappa shape index (κ3) is 3.00. The molecule has 0 amide bonds. The first-order valence-corrected chi connectivity index (χ1v) is 7.55. The molecule has 1 heterocycles. The molecule has 0 fully saturated rings. The molecule has 1 aromatic carbocycles. The summed E-state index contributed by atoms with van der Waals surface area (Å²) >= 11 is 0. The lowest BCUT2D eigenvalue weighted by Gasteiger charge is -2.12. The Balaban J connectivity index is 2.27. The van der Waals surface area contributed by atoms with Crippen LogP contribution in [0.25, 0.3) is 0 Å². The van der Waals surface area contributed by atoms with Crippen molar-refractivity contribution in [1.82, 2.24) is 9.71 Å². The summed E-state index contributed by atoms with van der Waals surface area (Å²) in [5.74, 6) is 0.968. The van der Waals surface area contributed by atoms with Crippen molar-refractivity contribution in [2.75, 3.05) is 5.73 Å². The zero-order valence-corrected chi connectivity index (χ0v) is 12.4. The minimum Gasteiger partial charge on any atom is -0.445 e. The molecule has 0 saturated carbocycles. The van der Waals surface area contributed by atoms with Gasteiger partial charge in [-0.15, -0.1) is 0 Å². The standard InChI is InChI=1S/C13H17N3O3S/c1-8-4-11(14)5-9(2)13(8)20(17,18)16-7-12-15-6-10(3)19-12/h4-6,16H,7,14H2,1-3H3. The summed E-state index contributed by atoms with van der Waals surface area (Å²) in [4.78, 5) is 4.20. The highest BCUT2D eigenvalue weighted by atomic mass is 32.2. The number of aromatic nitrogens is 1. The zero-order chi connectivity index (χ0) is 14.9. The van der Waals surface area contributed by atoms with Gasteiger partial charge in [-0.3, -0.25) is 0 Å². The summed E-state index contributed by atoms with van der Waals surface area (Å²) in [6, 6.07) is 3.27. The van der Waals surface area contributed by atoms with Crippen LogP contribution in [0.1, 0.15) is 22.8 Å². The molecular weight excluding hydrogens is 278 g/mol. The Hall–Kier alpha value is -1.86. The molecule has 1 aromatic heterocycles. The highest BCUT2D eigenvalue weighted by Crippen LogP contribution is 2.23. The summed E-state index contributed by atoms with van der Waals surface area (Å²) in [6.45, 7) is 5.19. The number of nitrogen functional groups attached to an aromatic ring is 1. The average Bonchev–Trinajstić information content (AvgIpc) is 2.71. The number of hydrogen-bond donors (Lipinski definition) is 2. The summed E-state index contributed by atoms with van der Waals surface area (Å²) in [7, 11) is -3.63. The second kappa shape index (κ2) is 5.26. The number of nitrogens with zero attached hydrogens (tertiary/aromatic N) is 1. The number of aryl methyl sites for hydroxylation is 3. The monoisotopic (exact) mass is 295 g/mol. The molecule has 0 atom stereocenters. The molecule has 0 spiro atoms. The van der Waals surface area contributed by atoms with Gasteiger partial charge in [-0.25, -0.2) is 18.1 Å². The van der Waals surface area contributed by atoms with Gasteiger partial charge in [0.15, 0.2) is 0 Å². The minimum atomic E-state index is -3.63. The van der Waals surface area contributed by atoms with Gasteiger partial charge >= 0.3 is 0 Å². The van der Waals surface area contributed by atoms with Crippen LogP contribution in [0.3, 0.4) is 0 Å². The maximum Gasteiger partial charge on any atom is 0.241 e. The van der Waals surface area contributed by atoms with Crippen LogP contribution < -0.4 is 10.5 Å². The molecule has 7 heteroatoms. The van der Waals surface area contributed by atoms with Crippen molar-refractivity contribution in [2.24, 2.45) is 0 Å². The van der Waals surface area contributed by atoms with Crippen molar-refractivity contribution in [3.05, 3.63) is 41.1 Å². The van der Waals surface area contributed by atoms with Crippen LogP contribution in [0, 0.1) is 20.8 Å². The highest BCUT2D eigenvalue weighted by Gasteiger charge is 2.20. The number of nitrogens with two attached hydrogens (primary N) is 1. The Kier molecular flexibility index (Phi) is 3.82. The molecular formula is C13H17N3O3S. The normalized spacial score (nSPS) is 11.8. The van der Waals surface area contributed by atoms with Crippen LogP contribution in [-0.4, -0.2) is 13.4 Å². The van der Waals surface area contributed by atoms with Crippen LogP contribution in [0.15, 0.2) is 27.6 Å². The summed E-state index contributed by atoms with van der Waals surface area (Å²) in [5, 5.41) is 0. The summed E-state index contributed by atoms with van der Waals surface area (Å²) < 4.78 is 32.4. The molecule has 0 unspecified atom stereocenters. The van der Waals surface area contributed by atoms with Gasteiger partial charge in [-0.2, -0.15) is 0 Å². The third-order valence-electron chi connectivity index (χ3n) is 2.83. The third-order valence-corrected chi connectivity index (χ3v) is 4.54. The maximum absolute atomic E-state index is 12.3. The Bertz CT molecular complexity index is 712. The number of benzene rings is 1. The lowest BCUT2D eigenvalue weighted by Crippen LogP contribution is -2.25. The molecule has 0 aliphatic carbocycles. The van der Waals surface area contributed by atoms with E-state index in [-0.39, 0.29) is 11.4 Å². The minimum absolute atomic E-state index is 0.0133. The highest BCUT2D eigenvalue weighted by molar-refractivity contribution is 7.89. The molecule has 3 N–H and O–H groups in total. The smallest absolute Gasteiger partial charge is 0.241 e. The molecule has 0 bridgehead atoms. The van der Waals surface area contributed by atoms with Crippen molar-refractivity contribution in [2.45, 2.75) is 32.2 Å². The first-order chi connectivity index (χ1) is 9.29. The Morgan fingerprint density at radius 2 is 1.85 bits per heavy atom. The Labute approximate surface area is 118 Å². The van der Waals surface area contributed by atoms with E-state index in [0.29, 0.717) is 28.5 Å². The molecule has 20 heavy (non-hydrogen) atoms. The van der Waals surface area contributed by atoms with Gasteiger partial charge < -0.3 is 10.2 Å². The fourth-order valence-corrected chi connectivity index (χ4v) is 3.54. The molecule has 0 aliphatic heterocycles. The van der Waals surface area contributed by atoms with E-state index in [1.807, 2.05) is 0 Å². The van der Waals surface area contributed by atoms with Gasteiger partial charge in [-0.1, -0.05) is 0 Å². The topological polar surface area (TPSA) is 98.2 Å².